The van der Waals surface area contributed by atoms with Crippen molar-refractivity contribution in [1.29, 1.82) is 0 Å². The Morgan fingerprint density at radius 3 is 2.48 bits per heavy atom. The van der Waals surface area contributed by atoms with Gasteiger partial charge in [-0.2, -0.15) is 0 Å². The van der Waals surface area contributed by atoms with Gasteiger partial charge in [-0.15, -0.1) is 0 Å². The molecule has 0 spiro atoms. The maximum atomic E-state index is 12.5. The molecule has 1 saturated heterocycles. The first kappa shape index (κ1) is 21.6. The highest BCUT2D eigenvalue weighted by Gasteiger charge is 2.26. The van der Waals surface area contributed by atoms with Crippen molar-refractivity contribution < 1.29 is 17.9 Å². The zero-order valence-electron chi connectivity index (χ0n) is 16.3. The molecule has 0 aromatic heterocycles. The molecule has 0 atom stereocenters. The van der Waals surface area contributed by atoms with E-state index in [2.05, 4.69) is 4.72 Å². The number of sulfonamides is 1. The molecule has 8 heteroatoms. The predicted molar refractivity (Wildman–Crippen MR) is 113 cm³/mol. The van der Waals surface area contributed by atoms with Crippen LogP contribution in [0, 0.1) is 0 Å². The van der Waals surface area contributed by atoms with E-state index in [1.807, 2.05) is 12.1 Å². The van der Waals surface area contributed by atoms with Crippen LogP contribution in [0.5, 0.6) is 5.75 Å². The van der Waals surface area contributed by atoms with Crippen molar-refractivity contribution >= 4 is 27.5 Å². The lowest BCUT2D eigenvalue weighted by molar-refractivity contribution is -0.132. The summed E-state index contributed by atoms with van der Waals surface area (Å²) in [5.41, 5.74) is 0.981. The predicted octanol–water partition coefficient (Wildman–Crippen LogP) is 3.25. The van der Waals surface area contributed by atoms with Crippen molar-refractivity contribution in [1.82, 2.24) is 9.62 Å². The standard InChI is InChI=1S/C21H25ClN2O4S/c1-28-20-9-7-16(15-19(20)22)8-10-21(25)24-13-11-17(12-14-24)23-29(26,27)18-5-3-2-4-6-18/h2-7,9,15,17,23H,8,10-14H2,1H3. The van der Waals surface area contributed by atoms with Crippen LogP contribution >= 0.6 is 11.6 Å². The Bertz CT molecular complexity index is 942. The number of nitrogens with one attached hydrogen (secondary N) is 1. The molecule has 0 aliphatic carbocycles. The lowest BCUT2D eigenvalue weighted by Gasteiger charge is -2.32. The zero-order chi connectivity index (χ0) is 20.9. The first-order valence-electron chi connectivity index (χ1n) is 9.56. The number of halogens is 1. The normalized spacial score (nSPS) is 15.3. The summed E-state index contributed by atoms with van der Waals surface area (Å²) < 4.78 is 32.8. The molecule has 2 aromatic carbocycles. The number of benzene rings is 2. The molecule has 1 heterocycles. The zero-order valence-corrected chi connectivity index (χ0v) is 17.9. The van der Waals surface area contributed by atoms with Crippen molar-refractivity contribution in [2.75, 3.05) is 20.2 Å². The van der Waals surface area contributed by atoms with Crippen molar-refractivity contribution in [3.8, 4) is 5.75 Å². The minimum absolute atomic E-state index is 0.0707. The van der Waals surface area contributed by atoms with Gasteiger partial charge in [0.05, 0.1) is 17.0 Å². The van der Waals surface area contributed by atoms with E-state index in [0.29, 0.717) is 49.5 Å². The van der Waals surface area contributed by atoms with Crippen LogP contribution in [0.1, 0.15) is 24.8 Å². The number of ether oxygens (including phenoxy) is 1. The van der Waals surface area contributed by atoms with E-state index in [-0.39, 0.29) is 16.8 Å². The van der Waals surface area contributed by atoms with Gasteiger partial charge < -0.3 is 9.64 Å². The summed E-state index contributed by atoms with van der Waals surface area (Å²) in [6.07, 6.45) is 2.20. The van der Waals surface area contributed by atoms with Gasteiger partial charge in [-0.05, 0) is 49.1 Å². The van der Waals surface area contributed by atoms with E-state index in [1.54, 1.807) is 48.4 Å². The van der Waals surface area contributed by atoms with Crippen LogP contribution < -0.4 is 9.46 Å². The number of aryl methyl sites for hydroxylation is 1. The molecule has 1 fully saturated rings. The first-order valence-corrected chi connectivity index (χ1v) is 11.4. The first-order chi connectivity index (χ1) is 13.9. The van der Waals surface area contributed by atoms with E-state index in [1.165, 1.54) is 0 Å². The second-order valence-corrected chi connectivity index (χ2v) is 9.18. The molecular formula is C21H25ClN2O4S. The van der Waals surface area contributed by atoms with Crippen LogP contribution in [0.4, 0.5) is 0 Å². The highest BCUT2D eigenvalue weighted by Crippen LogP contribution is 2.25. The average Bonchev–Trinajstić information content (AvgIpc) is 2.73. The number of rotatable bonds is 7. The third kappa shape index (κ3) is 5.72. The number of amides is 1. The number of piperidine rings is 1. The molecule has 1 amide bonds. The molecule has 156 valence electrons. The number of carbonyl (C=O) groups is 1. The third-order valence-electron chi connectivity index (χ3n) is 5.07. The molecule has 0 bridgehead atoms. The van der Waals surface area contributed by atoms with E-state index in [0.717, 1.165) is 5.56 Å². The van der Waals surface area contributed by atoms with Gasteiger partial charge in [0.2, 0.25) is 15.9 Å². The summed E-state index contributed by atoms with van der Waals surface area (Å²) in [6, 6.07) is 13.7. The Kier molecular flexibility index (Phi) is 7.16. The van der Waals surface area contributed by atoms with Gasteiger partial charge in [0, 0.05) is 25.6 Å². The number of hydrogen-bond donors (Lipinski definition) is 1. The minimum atomic E-state index is -3.53. The summed E-state index contributed by atoms with van der Waals surface area (Å²) in [4.78, 5) is 14.6. The number of carbonyl (C=O) groups excluding carboxylic acids is 1. The molecule has 0 unspecified atom stereocenters. The second-order valence-electron chi connectivity index (χ2n) is 7.06. The molecule has 1 aliphatic rings. The van der Waals surface area contributed by atoms with Crippen molar-refractivity contribution in [3.05, 3.63) is 59.1 Å². The van der Waals surface area contributed by atoms with Crippen LogP contribution in [-0.2, 0) is 21.2 Å². The summed E-state index contributed by atoms with van der Waals surface area (Å²) in [5.74, 6) is 0.683. The molecule has 0 saturated carbocycles. The van der Waals surface area contributed by atoms with E-state index >= 15 is 0 Å². The molecular weight excluding hydrogens is 412 g/mol. The van der Waals surface area contributed by atoms with Crippen LogP contribution in [0.15, 0.2) is 53.4 Å². The molecule has 0 radical (unpaired) electrons. The van der Waals surface area contributed by atoms with Crippen LogP contribution in [0.25, 0.3) is 0 Å². The Morgan fingerprint density at radius 1 is 1.17 bits per heavy atom. The fourth-order valence-electron chi connectivity index (χ4n) is 3.41. The van der Waals surface area contributed by atoms with E-state index in [9.17, 15) is 13.2 Å². The number of likely N-dealkylation sites (tertiary alicyclic amines) is 1. The minimum Gasteiger partial charge on any atom is -0.495 e. The number of methoxy groups -OCH3 is 1. The monoisotopic (exact) mass is 436 g/mol. The van der Waals surface area contributed by atoms with Gasteiger partial charge in [-0.25, -0.2) is 13.1 Å². The molecule has 1 N–H and O–H groups in total. The maximum Gasteiger partial charge on any atom is 0.240 e. The van der Waals surface area contributed by atoms with Gasteiger partial charge in [0.25, 0.3) is 0 Å². The fraction of sp³-hybridized carbons (Fsp3) is 0.381. The summed E-state index contributed by atoms with van der Waals surface area (Å²) in [5, 5.41) is 0.531. The van der Waals surface area contributed by atoms with Crippen LogP contribution in [0.2, 0.25) is 5.02 Å². The molecule has 2 aromatic rings. The SMILES string of the molecule is COc1ccc(CCC(=O)N2CCC(NS(=O)(=O)c3ccccc3)CC2)cc1Cl. The average molecular weight is 437 g/mol. The van der Waals surface area contributed by atoms with E-state index in [4.69, 9.17) is 16.3 Å². The topological polar surface area (TPSA) is 75.7 Å². The fourth-order valence-corrected chi connectivity index (χ4v) is 5.01. The molecule has 3 rings (SSSR count). The lowest BCUT2D eigenvalue weighted by atomic mass is 10.0. The highest BCUT2D eigenvalue weighted by atomic mass is 35.5. The third-order valence-corrected chi connectivity index (χ3v) is 6.90. The number of hydrogen-bond acceptors (Lipinski definition) is 4. The van der Waals surface area contributed by atoms with Gasteiger partial charge in [-0.1, -0.05) is 35.9 Å². The van der Waals surface area contributed by atoms with E-state index < -0.39 is 10.0 Å². The lowest BCUT2D eigenvalue weighted by Crippen LogP contribution is -2.46. The Morgan fingerprint density at radius 2 is 1.86 bits per heavy atom. The largest absolute Gasteiger partial charge is 0.495 e. The smallest absolute Gasteiger partial charge is 0.240 e. The summed E-state index contributed by atoms with van der Waals surface area (Å²) >= 11 is 6.13. The van der Waals surface area contributed by atoms with Crippen LogP contribution in [-0.4, -0.2) is 45.5 Å². The Labute approximate surface area is 176 Å². The quantitative estimate of drug-likeness (QED) is 0.722. The number of nitrogens with zero attached hydrogens (tertiary/aromatic N) is 1. The van der Waals surface area contributed by atoms with Gasteiger partial charge >= 0.3 is 0 Å². The van der Waals surface area contributed by atoms with Crippen molar-refractivity contribution in [2.24, 2.45) is 0 Å². The van der Waals surface area contributed by atoms with Gasteiger partial charge in [0.1, 0.15) is 5.75 Å². The summed E-state index contributed by atoms with van der Waals surface area (Å²) in [6.45, 7) is 1.09. The molecule has 6 nitrogen and oxygen atoms in total. The van der Waals surface area contributed by atoms with Gasteiger partial charge in [-0.3, -0.25) is 4.79 Å². The molecule has 1 aliphatic heterocycles. The Balaban J connectivity index is 1.47. The van der Waals surface area contributed by atoms with Crippen molar-refractivity contribution in [2.45, 2.75) is 36.6 Å². The van der Waals surface area contributed by atoms with Crippen LogP contribution in [0.3, 0.4) is 0 Å². The maximum absolute atomic E-state index is 12.5. The molecule has 29 heavy (non-hydrogen) atoms. The Hall–Kier alpha value is -2.09. The van der Waals surface area contributed by atoms with Crippen molar-refractivity contribution in [3.63, 3.8) is 0 Å². The second kappa shape index (κ2) is 9.61. The van der Waals surface area contributed by atoms with Gasteiger partial charge in [0.15, 0.2) is 0 Å². The highest BCUT2D eigenvalue weighted by molar-refractivity contribution is 7.89. The summed E-state index contributed by atoms with van der Waals surface area (Å²) in [7, 11) is -1.97.